The summed E-state index contributed by atoms with van der Waals surface area (Å²) in [5.41, 5.74) is 3.07. The normalized spacial score (nSPS) is 15.4. The molecule has 2 aromatic carbocycles. The van der Waals surface area contributed by atoms with E-state index >= 15 is 0 Å². The van der Waals surface area contributed by atoms with Crippen LogP contribution in [0.25, 0.3) is 0 Å². The minimum absolute atomic E-state index is 0.0832. The summed E-state index contributed by atoms with van der Waals surface area (Å²) in [6, 6.07) is 15.5. The number of rotatable bonds is 6. The lowest BCUT2D eigenvalue weighted by Crippen LogP contribution is -2.25. The molecule has 0 aromatic heterocycles. The molecule has 0 spiro atoms. The number of phenols is 1. The Bertz CT molecular complexity index is 704. The average Bonchev–Trinajstić information content (AvgIpc) is 2.92. The first-order chi connectivity index (χ1) is 12.7. The van der Waals surface area contributed by atoms with Crippen LogP contribution in [-0.2, 0) is 24.3 Å². The molecule has 0 aliphatic carbocycles. The first-order valence-electron chi connectivity index (χ1n) is 9.54. The Morgan fingerprint density at radius 3 is 2.27 bits per heavy atom. The number of aromatic hydroxyl groups is 1. The van der Waals surface area contributed by atoms with Crippen molar-refractivity contribution < 1.29 is 9.90 Å². The van der Waals surface area contributed by atoms with Crippen LogP contribution in [0.4, 0.5) is 0 Å². The number of carbonyl (C=O) groups is 1. The molecule has 1 aliphatic rings. The molecule has 1 heterocycles. The van der Waals surface area contributed by atoms with Gasteiger partial charge in [0, 0.05) is 18.7 Å². The van der Waals surface area contributed by atoms with E-state index < -0.39 is 0 Å². The Morgan fingerprint density at radius 2 is 1.58 bits per heavy atom. The van der Waals surface area contributed by atoms with Crippen LogP contribution in [-0.4, -0.2) is 29.0 Å². The molecule has 0 saturated carbocycles. The SMILES string of the molecule is O=C(Cc1ccccc1O)NCc1ccc(CN2CCCCCC2)cc1. The van der Waals surface area contributed by atoms with Gasteiger partial charge in [0.2, 0.25) is 5.91 Å². The van der Waals surface area contributed by atoms with Gasteiger partial charge in [0.1, 0.15) is 5.75 Å². The fraction of sp³-hybridized carbons (Fsp3) is 0.409. The van der Waals surface area contributed by atoms with Crippen LogP contribution in [0.15, 0.2) is 48.5 Å². The molecule has 138 valence electrons. The molecule has 26 heavy (non-hydrogen) atoms. The van der Waals surface area contributed by atoms with Crippen LogP contribution in [0.1, 0.15) is 42.4 Å². The van der Waals surface area contributed by atoms with E-state index in [1.165, 1.54) is 44.3 Å². The molecule has 0 unspecified atom stereocenters. The van der Waals surface area contributed by atoms with Gasteiger partial charge in [-0.1, -0.05) is 55.3 Å². The lowest BCUT2D eigenvalue weighted by atomic mass is 10.1. The molecular formula is C22H28N2O2. The monoisotopic (exact) mass is 352 g/mol. The van der Waals surface area contributed by atoms with Crippen molar-refractivity contribution in [1.29, 1.82) is 0 Å². The second-order valence-corrected chi connectivity index (χ2v) is 7.09. The molecule has 3 rings (SSSR count). The largest absolute Gasteiger partial charge is 0.508 e. The molecule has 4 nitrogen and oxygen atoms in total. The van der Waals surface area contributed by atoms with Gasteiger partial charge in [-0.3, -0.25) is 9.69 Å². The van der Waals surface area contributed by atoms with Crippen molar-refractivity contribution in [1.82, 2.24) is 10.2 Å². The summed E-state index contributed by atoms with van der Waals surface area (Å²) in [6.07, 6.45) is 5.52. The number of phenolic OH excluding ortho intramolecular Hbond substituents is 1. The highest BCUT2D eigenvalue weighted by atomic mass is 16.3. The summed E-state index contributed by atoms with van der Waals surface area (Å²) in [5, 5.41) is 12.7. The van der Waals surface area contributed by atoms with Gasteiger partial charge < -0.3 is 10.4 Å². The highest BCUT2D eigenvalue weighted by molar-refractivity contribution is 5.79. The maximum Gasteiger partial charge on any atom is 0.224 e. The quantitative estimate of drug-likeness (QED) is 0.835. The molecule has 2 aromatic rings. The van der Waals surface area contributed by atoms with Crippen molar-refractivity contribution in [3.8, 4) is 5.75 Å². The number of nitrogens with zero attached hydrogens (tertiary/aromatic N) is 1. The average molecular weight is 352 g/mol. The molecule has 1 fully saturated rings. The minimum Gasteiger partial charge on any atom is -0.508 e. The van der Waals surface area contributed by atoms with Gasteiger partial charge in [-0.15, -0.1) is 0 Å². The van der Waals surface area contributed by atoms with Gasteiger partial charge in [-0.25, -0.2) is 0 Å². The third-order valence-corrected chi connectivity index (χ3v) is 4.96. The number of likely N-dealkylation sites (tertiary alicyclic amines) is 1. The van der Waals surface area contributed by atoms with Gasteiger partial charge in [0.25, 0.3) is 0 Å². The molecule has 1 aliphatic heterocycles. The number of para-hydroxylation sites is 1. The molecule has 0 bridgehead atoms. The maximum atomic E-state index is 12.1. The predicted octanol–water partition coefficient (Wildman–Crippen LogP) is 3.63. The van der Waals surface area contributed by atoms with Gasteiger partial charge in [0.15, 0.2) is 0 Å². The summed E-state index contributed by atoms with van der Waals surface area (Å²) in [4.78, 5) is 14.6. The Labute approximate surface area is 155 Å². The van der Waals surface area contributed by atoms with E-state index in [2.05, 4.69) is 34.5 Å². The van der Waals surface area contributed by atoms with Crippen molar-refractivity contribution in [2.45, 2.75) is 45.2 Å². The molecule has 0 radical (unpaired) electrons. The van der Waals surface area contributed by atoms with E-state index in [1.54, 1.807) is 18.2 Å². The van der Waals surface area contributed by atoms with Crippen LogP contribution in [0.2, 0.25) is 0 Å². The molecule has 4 heteroatoms. The standard InChI is InChI=1S/C22H28N2O2/c25-21-8-4-3-7-20(21)15-22(26)23-16-18-9-11-19(12-10-18)17-24-13-5-1-2-6-14-24/h3-4,7-12,25H,1-2,5-6,13-17H2,(H,23,26). The first-order valence-corrected chi connectivity index (χ1v) is 9.54. The van der Waals surface area contributed by atoms with Crippen molar-refractivity contribution >= 4 is 5.91 Å². The fourth-order valence-electron chi connectivity index (χ4n) is 3.41. The molecule has 2 N–H and O–H groups in total. The van der Waals surface area contributed by atoms with Crippen molar-refractivity contribution in [3.05, 3.63) is 65.2 Å². The predicted molar refractivity (Wildman–Crippen MR) is 104 cm³/mol. The van der Waals surface area contributed by atoms with Crippen LogP contribution in [0, 0.1) is 0 Å². The number of carbonyl (C=O) groups excluding carboxylic acids is 1. The zero-order valence-corrected chi connectivity index (χ0v) is 15.3. The van der Waals surface area contributed by atoms with Crippen LogP contribution in [0.3, 0.4) is 0 Å². The van der Waals surface area contributed by atoms with Crippen molar-refractivity contribution in [3.63, 3.8) is 0 Å². The maximum absolute atomic E-state index is 12.1. The molecule has 1 amide bonds. The van der Waals surface area contributed by atoms with Gasteiger partial charge >= 0.3 is 0 Å². The summed E-state index contributed by atoms with van der Waals surface area (Å²) < 4.78 is 0. The van der Waals surface area contributed by atoms with Gasteiger partial charge in [-0.05, 0) is 43.1 Å². The van der Waals surface area contributed by atoms with E-state index in [0.717, 1.165) is 12.1 Å². The fourth-order valence-corrected chi connectivity index (χ4v) is 3.41. The Hall–Kier alpha value is -2.33. The van der Waals surface area contributed by atoms with E-state index in [0.29, 0.717) is 12.1 Å². The summed E-state index contributed by atoms with van der Waals surface area (Å²) in [6.45, 7) is 3.92. The van der Waals surface area contributed by atoms with E-state index in [-0.39, 0.29) is 18.1 Å². The lowest BCUT2D eigenvalue weighted by molar-refractivity contribution is -0.120. The smallest absolute Gasteiger partial charge is 0.224 e. The Kier molecular flexibility index (Phi) is 6.67. The van der Waals surface area contributed by atoms with Gasteiger partial charge in [-0.2, -0.15) is 0 Å². The van der Waals surface area contributed by atoms with E-state index in [9.17, 15) is 9.90 Å². The second kappa shape index (κ2) is 9.39. The molecule has 1 saturated heterocycles. The topological polar surface area (TPSA) is 52.6 Å². The van der Waals surface area contributed by atoms with E-state index in [4.69, 9.17) is 0 Å². The number of benzene rings is 2. The Morgan fingerprint density at radius 1 is 0.923 bits per heavy atom. The van der Waals surface area contributed by atoms with Gasteiger partial charge in [0.05, 0.1) is 6.42 Å². The second-order valence-electron chi connectivity index (χ2n) is 7.09. The lowest BCUT2D eigenvalue weighted by Gasteiger charge is -2.19. The van der Waals surface area contributed by atoms with Crippen LogP contribution < -0.4 is 5.32 Å². The number of nitrogens with one attached hydrogen (secondary N) is 1. The number of hydrogen-bond donors (Lipinski definition) is 2. The van der Waals surface area contributed by atoms with Crippen molar-refractivity contribution in [2.24, 2.45) is 0 Å². The summed E-state index contributed by atoms with van der Waals surface area (Å²) in [7, 11) is 0. The third-order valence-electron chi connectivity index (χ3n) is 4.96. The van der Waals surface area contributed by atoms with Crippen LogP contribution >= 0.6 is 0 Å². The first kappa shape index (κ1) is 18.5. The van der Waals surface area contributed by atoms with Crippen LogP contribution in [0.5, 0.6) is 5.75 Å². The third kappa shape index (κ3) is 5.60. The zero-order chi connectivity index (χ0) is 18.2. The molecular weight excluding hydrogens is 324 g/mol. The molecule has 0 atom stereocenters. The summed E-state index contributed by atoms with van der Waals surface area (Å²) in [5.74, 6) is 0.0839. The zero-order valence-electron chi connectivity index (χ0n) is 15.3. The highest BCUT2D eigenvalue weighted by Crippen LogP contribution is 2.16. The Balaban J connectivity index is 1.46. The minimum atomic E-state index is -0.0832. The van der Waals surface area contributed by atoms with E-state index in [1.807, 2.05) is 6.07 Å². The number of amides is 1. The van der Waals surface area contributed by atoms with Crippen molar-refractivity contribution in [2.75, 3.05) is 13.1 Å². The number of hydrogen-bond acceptors (Lipinski definition) is 3. The highest BCUT2D eigenvalue weighted by Gasteiger charge is 2.10. The summed E-state index contributed by atoms with van der Waals surface area (Å²) >= 11 is 0.